The lowest BCUT2D eigenvalue weighted by atomic mass is 10.2. The van der Waals surface area contributed by atoms with Gasteiger partial charge in [-0.05, 0) is 25.3 Å². The summed E-state index contributed by atoms with van der Waals surface area (Å²) in [4.78, 5) is 20.0. The van der Waals surface area contributed by atoms with Gasteiger partial charge in [-0.1, -0.05) is 11.6 Å². The van der Waals surface area contributed by atoms with Crippen LogP contribution in [0.1, 0.15) is 24.8 Å². The van der Waals surface area contributed by atoms with Crippen LogP contribution in [0.4, 0.5) is 19.0 Å². The van der Waals surface area contributed by atoms with Crippen LogP contribution in [-0.4, -0.2) is 47.5 Å². The summed E-state index contributed by atoms with van der Waals surface area (Å²) in [7, 11) is 0. The van der Waals surface area contributed by atoms with Crippen molar-refractivity contribution in [1.29, 1.82) is 0 Å². The van der Waals surface area contributed by atoms with Crippen LogP contribution in [0.2, 0.25) is 5.02 Å². The summed E-state index contributed by atoms with van der Waals surface area (Å²) < 4.78 is 38.2. The molecule has 0 radical (unpaired) electrons. The third-order valence-electron chi connectivity index (χ3n) is 4.50. The van der Waals surface area contributed by atoms with Gasteiger partial charge in [0.15, 0.2) is 0 Å². The van der Waals surface area contributed by atoms with Gasteiger partial charge in [-0.2, -0.15) is 13.2 Å². The molecule has 24 heavy (non-hydrogen) atoms. The van der Waals surface area contributed by atoms with Crippen LogP contribution < -0.4 is 10.6 Å². The maximum absolute atomic E-state index is 12.7. The molecule has 2 fully saturated rings. The normalized spacial score (nSPS) is 24.7. The maximum atomic E-state index is 12.7. The van der Waals surface area contributed by atoms with Gasteiger partial charge < -0.3 is 15.5 Å². The van der Waals surface area contributed by atoms with Crippen LogP contribution in [0.3, 0.4) is 0 Å². The summed E-state index contributed by atoms with van der Waals surface area (Å²) in [5.41, 5.74) is 4.94. The van der Waals surface area contributed by atoms with Crippen molar-refractivity contribution in [1.82, 2.24) is 9.88 Å². The molecule has 5 nitrogen and oxygen atoms in total. The molecule has 3 rings (SSSR count). The number of aromatic nitrogens is 1. The summed E-state index contributed by atoms with van der Waals surface area (Å²) in [5.74, 6) is 0.169. The van der Waals surface area contributed by atoms with Crippen LogP contribution >= 0.6 is 11.6 Å². The lowest BCUT2D eigenvalue weighted by molar-refractivity contribution is -0.138. The lowest BCUT2D eigenvalue weighted by Crippen LogP contribution is -2.46. The number of hydrogen-bond donors (Lipinski definition) is 1. The molecule has 0 saturated carbocycles. The Bertz CT molecular complexity index is 640. The molecule has 2 unspecified atom stereocenters. The molecule has 3 heterocycles. The molecule has 2 atom stereocenters. The Morgan fingerprint density at radius 1 is 1.33 bits per heavy atom. The Balaban J connectivity index is 1.82. The van der Waals surface area contributed by atoms with Crippen molar-refractivity contribution in [3.63, 3.8) is 0 Å². The summed E-state index contributed by atoms with van der Waals surface area (Å²) in [6, 6.07) is 0.392. The predicted molar refractivity (Wildman–Crippen MR) is 83.8 cm³/mol. The van der Waals surface area contributed by atoms with Crippen molar-refractivity contribution in [3.8, 4) is 0 Å². The highest BCUT2D eigenvalue weighted by Crippen LogP contribution is 2.36. The number of alkyl halides is 3. The van der Waals surface area contributed by atoms with E-state index in [0.29, 0.717) is 26.1 Å². The minimum atomic E-state index is -4.50. The molecule has 1 amide bonds. The Morgan fingerprint density at radius 3 is 2.67 bits per heavy atom. The highest BCUT2D eigenvalue weighted by Gasteiger charge is 2.38. The van der Waals surface area contributed by atoms with Crippen molar-refractivity contribution < 1.29 is 18.0 Å². The number of nitrogens with two attached hydrogens (primary N) is 1. The maximum Gasteiger partial charge on any atom is 0.417 e. The molecule has 2 N–H and O–H groups in total. The lowest BCUT2D eigenvalue weighted by Gasteiger charge is -2.29. The van der Waals surface area contributed by atoms with Crippen molar-refractivity contribution in [2.75, 3.05) is 24.5 Å². The molecule has 1 aromatic heterocycles. The van der Waals surface area contributed by atoms with Gasteiger partial charge in [-0.25, -0.2) is 4.98 Å². The van der Waals surface area contributed by atoms with Crippen LogP contribution in [0.5, 0.6) is 0 Å². The zero-order valence-electron chi connectivity index (χ0n) is 12.9. The summed E-state index contributed by atoms with van der Waals surface area (Å²) in [6.07, 6.45) is -1.59. The highest BCUT2D eigenvalue weighted by atomic mass is 35.5. The molecule has 0 aliphatic carbocycles. The number of pyridine rings is 1. The van der Waals surface area contributed by atoms with Crippen LogP contribution in [0.25, 0.3) is 0 Å². The van der Waals surface area contributed by atoms with Crippen molar-refractivity contribution in [2.24, 2.45) is 5.73 Å². The van der Waals surface area contributed by atoms with E-state index in [-0.39, 0.29) is 22.8 Å². The van der Waals surface area contributed by atoms with Crippen molar-refractivity contribution in [3.05, 3.63) is 22.8 Å². The van der Waals surface area contributed by atoms with Crippen LogP contribution in [0.15, 0.2) is 12.3 Å². The molecule has 2 aliphatic rings. The van der Waals surface area contributed by atoms with E-state index in [1.165, 1.54) is 0 Å². The molecular formula is C15H18ClF3N4O. The molecule has 0 aromatic carbocycles. The first-order valence-corrected chi connectivity index (χ1v) is 8.19. The fourth-order valence-corrected chi connectivity index (χ4v) is 3.55. The fraction of sp³-hybridized carbons (Fsp3) is 0.600. The van der Waals surface area contributed by atoms with E-state index in [0.717, 1.165) is 25.1 Å². The van der Waals surface area contributed by atoms with E-state index in [4.69, 9.17) is 17.3 Å². The van der Waals surface area contributed by atoms with E-state index in [2.05, 4.69) is 4.98 Å². The van der Waals surface area contributed by atoms with Gasteiger partial charge in [0, 0.05) is 31.9 Å². The summed E-state index contributed by atoms with van der Waals surface area (Å²) >= 11 is 6.02. The standard InChI is InChI=1S/C15H18ClF3N4O/c16-11-6-9(15(17,18)19)7-21-13(11)23-4-1-2-12(23)14(24)22-5-3-10(20)8-22/h6-7,10,12H,1-5,8,20H2. The van der Waals surface area contributed by atoms with Gasteiger partial charge in [-0.15, -0.1) is 0 Å². The Labute approximate surface area is 142 Å². The highest BCUT2D eigenvalue weighted by molar-refractivity contribution is 6.33. The number of hydrogen-bond acceptors (Lipinski definition) is 4. The number of halogens is 4. The Morgan fingerprint density at radius 2 is 2.08 bits per heavy atom. The molecule has 132 valence electrons. The zero-order valence-corrected chi connectivity index (χ0v) is 13.6. The number of likely N-dealkylation sites (tertiary alicyclic amines) is 1. The van der Waals surface area contributed by atoms with Gasteiger partial charge >= 0.3 is 6.18 Å². The number of amides is 1. The van der Waals surface area contributed by atoms with E-state index in [1.807, 2.05) is 0 Å². The SMILES string of the molecule is NC1CCN(C(=O)C2CCCN2c2ncc(C(F)(F)F)cc2Cl)C1. The Hall–Kier alpha value is -1.54. The average molecular weight is 363 g/mol. The summed E-state index contributed by atoms with van der Waals surface area (Å²) in [6.45, 7) is 1.66. The molecule has 2 aliphatic heterocycles. The number of carbonyl (C=O) groups excluding carboxylic acids is 1. The minimum Gasteiger partial charge on any atom is -0.343 e. The molecular weight excluding hydrogens is 345 g/mol. The van der Waals surface area contributed by atoms with Crippen molar-refractivity contribution in [2.45, 2.75) is 37.5 Å². The second-order valence-corrected chi connectivity index (χ2v) is 6.62. The van der Waals surface area contributed by atoms with Gasteiger partial charge in [-0.3, -0.25) is 4.79 Å². The van der Waals surface area contributed by atoms with E-state index >= 15 is 0 Å². The van der Waals surface area contributed by atoms with Gasteiger partial charge in [0.2, 0.25) is 5.91 Å². The fourth-order valence-electron chi connectivity index (χ4n) is 3.27. The van der Waals surface area contributed by atoms with Crippen LogP contribution in [-0.2, 0) is 11.0 Å². The number of carbonyl (C=O) groups is 1. The second kappa shape index (κ2) is 6.40. The van der Waals surface area contributed by atoms with Gasteiger partial charge in [0.25, 0.3) is 0 Å². The topological polar surface area (TPSA) is 62.5 Å². The monoisotopic (exact) mass is 362 g/mol. The number of rotatable bonds is 2. The molecule has 0 bridgehead atoms. The first-order chi connectivity index (χ1) is 11.3. The van der Waals surface area contributed by atoms with Gasteiger partial charge in [0.05, 0.1) is 10.6 Å². The minimum absolute atomic E-state index is 0.0171. The molecule has 9 heteroatoms. The van der Waals surface area contributed by atoms with Gasteiger partial charge in [0.1, 0.15) is 11.9 Å². The first kappa shape index (κ1) is 17.3. The molecule has 1 aromatic rings. The van der Waals surface area contributed by atoms with Crippen molar-refractivity contribution >= 4 is 23.3 Å². The number of nitrogens with zero attached hydrogens (tertiary/aromatic N) is 3. The van der Waals surface area contributed by atoms with E-state index < -0.39 is 17.8 Å². The predicted octanol–water partition coefficient (Wildman–Crippen LogP) is 2.28. The average Bonchev–Trinajstić information content (AvgIpc) is 3.14. The number of anilines is 1. The summed E-state index contributed by atoms with van der Waals surface area (Å²) in [5, 5.41) is -0.0948. The van der Waals surface area contributed by atoms with Crippen LogP contribution in [0, 0.1) is 0 Å². The third kappa shape index (κ3) is 3.30. The van der Waals surface area contributed by atoms with E-state index in [9.17, 15) is 18.0 Å². The Kier molecular flexibility index (Phi) is 4.61. The van der Waals surface area contributed by atoms with E-state index in [1.54, 1.807) is 9.80 Å². The largest absolute Gasteiger partial charge is 0.417 e. The first-order valence-electron chi connectivity index (χ1n) is 7.81. The second-order valence-electron chi connectivity index (χ2n) is 6.21. The molecule has 2 saturated heterocycles. The quantitative estimate of drug-likeness (QED) is 0.876. The zero-order chi connectivity index (χ0) is 17.5. The smallest absolute Gasteiger partial charge is 0.343 e. The third-order valence-corrected chi connectivity index (χ3v) is 4.77. The molecule has 0 spiro atoms.